The molecule has 2 fully saturated rings. The van der Waals surface area contributed by atoms with Crippen LogP contribution in [0.3, 0.4) is 0 Å². The Morgan fingerprint density at radius 2 is 1.86 bits per heavy atom. The minimum Gasteiger partial charge on any atom is -0.491 e. The third-order valence-corrected chi connectivity index (χ3v) is 14.5. The number of nitrogens with one attached hydrogen (secondary N) is 1. The molecule has 4 aliphatic heterocycles. The van der Waals surface area contributed by atoms with E-state index in [2.05, 4.69) is 32.5 Å². The number of piperazine rings is 1. The second-order valence-electron chi connectivity index (χ2n) is 15.5. The van der Waals surface area contributed by atoms with Gasteiger partial charge in [-0.25, -0.2) is 17.5 Å². The number of rotatable bonds is 4. The van der Waals surface area contributed by atoms with E-state index >= 15 is 4.39 Å². The third kappa shape index (κ3) is 7.84. The molecule has 9 nitrogen and oxygen atoms in total. The summed E-state index contributed by atoms with van der Waals surface area (Å²) in [5.41, 5.74) is 3.64. The Bertz CT molecular complexity index is 1750. The van der Waals surface area contributed by atoms with Crippen molar-refractivity contribution in [2.24, 2.45) is 23.7 Å². The molecule has 0 unspecified atom stereocenters. The molecule has 1 saturated carbocycles. The van der Waals surface area contributed by atoms with E-state index < -0.39 is 21.2 Å². The second-order valence-corrected chi connectivity index (χ2v) is 17.9. The van der Waals surface area contributed by atoms with Crippen LogP contribution in [0.25, 0.3) is 0 Å². The van der Waals surface area contributed by atoms with Crippen molar-refractivity contribution in [3.05, 3.63) is 69.5 Å². The number of nitrogens with zero attached hydrogens (tertiary/aromatic N) is 3. The van der Waals surface area contributed by atoms with E-state index in [1.165, 1.54) is 5.57 Å². The molecule has 0 aromatic heterocycles. The minimum absolute atomic E-state index is 0.0475. The number of allylic oxidation sites excluding steroid dienone is 1. The second kappa shape index (κ2) is 15.3. The average Bonchev–Trinajstić information content (AvgIpc) is 3.10. The summed E-state index contributed by atoms with van der Waals surface area (Å²) in [7, 11) is -1.81. The van der Waals surface area contributed by atoms with E-state index in [1.807, 2.05) is 13.0 Å². The Balaban J connectivity index is 1.26. The maximum Gasteiger partial charge on any atom is 0.264 e. The zero-order chi connectivity index (χ0) is 35.9. The van der Waals surface area contributed by atoms with Crippen molar-refractivity contribution in [2.75, 3.05) is 64.4 Å². The van der Waals surface area contributed by atoms with E-state index in [4.69, 9.17) is 21.1 Å². The van der Waals surface area contributed by atoms with Crippen LogP contribution in [0.4, 0.5) is 10.1 Å². The molecule has 2 aromatic rings. The van der Waals surface area contributed by atoms with Crippen LogP contribution < -0.4 is 14.4 Å². The lowest BCUT2D eigenvalue weighted by Gasteiger charge is -2.48. The summed E-state index contributed by atoms with van der Waals surface area (Å²) >= 11 is 6.29. The summed E-state index contributed by atoms with van der Waals surface area (Å²) < 4.78 is 58.3. The zero-order valence-corrected chi connectivity index (χ0v) is 31.7. The maximum atomic E-state index is 15.6. The number of sulfonamides is 1. The van der Waals surface area contributed by atoms with Crippen molar-refractivity contribution >= 4 is 33.2 Å². The fourth-order valence-electron chi connectivity index (χ4n) is 8.48. The smallest absolute Gasteiger partial charge is 0.264 e. The van der Waals surface area contributed by atoms with Crippen molar-refractivity contribution in [1.29, 1.82) is 0 Å². The molecule has 2 aliphatic carbocycles. The molecule has 0 radical (unpaired) electrons. The third-order valence-electron chi connectivity index (χ3n) is 12.3. The quantitative estimate of drug-likeness (QED) is 0.388. The number of hydrogen-bond donors (Lipinski definition) is 1. The molecule has 4 bridgehead atoms. The Morgan fingerprint density at radius 3 is 2.61 bits per heavy atom. The van der Waals surface area contributed by atoms with Crippen LogP contribution >= 0.6 is 11.6 Å². The van der Waals surface area contributed by atoms with Gasteiger partial charge in [-0.05, 0) is 117 Å². The summed E-state index contributed by atoms with van der Waals surface area (Å²) in [4.78, 5) is 20.6. The van der Waals surface area contributed by atoms with Crippen LogP contribution in [0.1, 0.15) is 67.4 Å². The first-order valence-corrected chi connectivity index (χ1v) is 20.7. The molecule has 278 valence electrons. The van der Waals surface area contributed by atoms with Crippen LogP contribution in [0.15, 0.2) is 42.0 Å². The van der Waals surface area contributed by atoms with Crippen molar-refractivity contribution in [2.45, 2.75) is 70.3 Å². The SMILES string of the molecule is C[C@@H]1[C@@H](C)S(=O)(=O)NC(=O)c2ccc3c(c2)N(Cc2ccc(Cl)c(F)c2CCCCO3)C[C@@H]2CC[C@H]2[C@@H](OCCN2CCN(C)CC2)C2=C[C@H]1C2. The molecule has 1 amide bonds. The molecule has 0 spiro atoms. The van der Waals surface area contributed by atoms with Crippen molar-refractivity contribution in [3.63, 3.8) is 0 Å². The van der Waals surface area contributed by atoms with E-state index in [-0.39, 0.29) is 40.3 Å². The highest BCUT2D eigenvalue weighted by Gasteiger charge is 2.45. The van der Waals surface area contributed by atoms with Gasteiger partial charge in [-0.1, -0.05) is 30.7 Å². The summed E-state index contributed by atoms with van der Waals surface area (Å²) in [5.74, 6) is 0.0492. The largest absolute Gasteiger partial charge is 0.491 e. The van der Waals surface area contributed by atoms with Gasteiger partial charge in [-0.15, -0.1) is 0 Å². The van der Waals surface area contributed by atoms with E-state index in [9.17, 15) is 13.2 Å². The van der Waals surface area contributed by atoms with Gasteiger partial charge in [0.15, 0.2) is 0 Å². The van der Waals surface area contributed by atoms with Gasteiger partial charge in [0.2, 0.25) is 10.0 Å². The van der Waals surface area contributed by atoms with Crippen LogP contribution in [-0.4, -0.2) is 95.0 Å². The number of hydrogen-bond acceptors (Lipinski definition) is 8. The highest BCUT2D eigenvalue weighted by molar-refractivity contribution is 7.90. The first kappa shape index (κ1) is 36.6. The summed E-state index contributed by atoms with van der Waals surface area (Å²) in [5, 5.41) is -0.664. The minimum atomic E-state index is -3.98. The fraction of sp³-hybridized carbons (Fsp3) is 0.615. The topological polar surface area (TPSA) is 91.4 Å². The molecule has 1 saturated heterocycles. The number of carbonyl (C=O) groups excluding carboxylic acids is 1. The molecule has 6 aliphatic rings. The normalized spacial score (nSPS) is 30.3. The van der Waals surface area contributed by atoms with Gasteiger partial charge in [-0.2, -0.15) is 0 Å². The van der Waals surface area contributed by atoms with E-state index in [0.717, 1.165) is 70.4 Å². The zero-order valence-electron chi connectivity index (χ0n) is 30.1. The lowest BCUT2D eigenvalue weighted by atomic mass is 9.64. The monoisotopic (exact) mass is 742 g/mol. The van der Waals surface area contributed by atoms with Crippen molar-refractivity contribution in [3.8, 4) is 5.75 Å². The van der Waals surface area contributed by atoms with E-state index in [0.29, 0.717) is 55.6 Å². The summed E-state index contributed by atoms with van der Waals surface area (Å²) in [6.45, 7) is 10.8. The van der Waals surface area contributed by atoms with Crippen molar-refractivity contribution in [1.82, 2.24) is 14.5 Å². The van der Waals surface area contributed by atoms with Gasteiger partial charge in [0.05, 0.1) is 35.3 Å². The predicted octanol–water partition coefficient (Wildman–Crippen LogP) is 5.90. The lowest BCUT2D eigenvalue weighted by Crippen LogP contribution is -2.49. The Kier molecular flexibility index (Phi) is 11.0. The van der Waals surface area contributed by atoms with Crippen LogP contribution in [0, 0.1) is 29.5 Å². The van der Waals surface area contributed by atoms with Crippen LogP contribution in [0.2, 0.25) is 5.02 Å². The molecule has 8 rings (SSSR count). The number of fused-ring (bicyclic) bond motifs is 5. The van der Waals surface area contributed by atoms with Crippen LogP contribution in [-0.2, 0) is 27.7 Å². The van der Waals surface area contributed by atoms with Gasteiger partial charge in [0.1, 0.15) is 11.6 Å². The lowest BCUT2D eigenvalue weighted by molar-refractivity contribution is -0.0348. The fourth-order valence-corrected chi connectivity index (χ4v) is 9.99. The highest BCUT2D eigenvalue weighted by Crippen LogP contribution is 2.48. The van der Waals surface area contributed by atoms with Gasteiger partial charge in [0.25, 0.3) is 5.91 Å². The number of halogens is 2. The first-order chi connectivity index (χ1) is 24.5. The average molecular weight is 743 g/mol. The number of benzene rings is 2. The number of ether oxygens (including phenoxy) is 2. The number of carbonyl (C=O) groups is 1. The maximum absolute atomic E-state index is 15.6. The standard InChI is InChI=1S/C39H52ClFN4O5S/c1-25-26(2)51(47,48)42-39(46)27-9-12-36-35(22-27)45(23-28-8-11-34(40)37(41)32(28)6-4-5-18-49-36)24-29-7-10-33(29)38(31-20-30(25)21-31)50-19-17-44-15-13-43(3)14-16-44/h8-9,11-12,20,22,25-26,29-30,33,38H,4-7,10,13-19,21,23-24H2,1-3H3,(H,42,46)/t25-,26-,29+,30+,33-,38+/m1/s1. The van der Waals surface area contributed by atoms with Gasteiger partial charge < -0.3 is 19.3 Å². The van der Waals surface area contributed by atoms with Gasteiger partial charge >= 0.3 is 0 Å². The molecular formula is C39H52ClFN4O5S. The molecule has 4 heterocycles. The van der Waals surface area contributed by atoms with Gasteiger partial charge in [-0.3, -0.25) is 9.69 Å². The van der Waals surface area contributed by atoms with Crippen molar-refractivity contribution < 1.29 is 27.1 Å². The Morgan fingerprint density at radius 1 is 1.08 bits per heavy atom. The number of anilines is 1. The molecule has 2 aromatic carbocycles. The van der Waals surface area contributed by atoms with Crippen LogP contribution in [0.5, 0.6) is 5.75 Å². The first-order valence-electron chi connectivity index (χ1n) is 18.7. The summed E-state index contributed by atoms with van der Waals surface area (Å²) in [6, 6.07) is 8.66. The highest BCUT2D eigenvalue weighted by atomic mass is 35.5. The summed E-state index contributed by atoms with van der Waals surface area (Å²) in [6.07, 6.45) is 7.04. The number of likely N-dealkylation sites (N-methyl/N-ethyl adjacent to an activating group) is 1. The molecule has 1 N–H and O–H groups in total. The van der Waals surface area contributed by atoms with E-state index in [1.54, 1.807) is 31.2 Å². The molecule has 12 heteroatoms. The number of amides is 1. The predicted molar refractivity (Wildman–Crippen MR) is 198 cm³/mol. The Labute approximate surface area is 307 Å². The van der Waals surface area contributed by atoms with Gasteiger partial charge in [0, 0.05) is 51.4 Å². The molecule has 6 atom stereocenters. The molecular weight excluding hydrogens is 691 g/mol. The Hall–Kier alpha value is -2.70. The molecule has 51 heavy (non-hydrogen) atoms.